The molecule has 1 aliphatic heterocycles. The fourth-order valence-corrected chi connectivity index (χ4v) is 8.05. The molecule has 2 atom stereocenters. The van der Waals surface area contributed by atoms with Crippen LogP contribution in [0.15, 0.2) is 128 Å². The fourth-order valence-electron chi connectivity index (χ4n) is 7.83. The van der Waals surface area contributed by atoms with Crippen molar-refractivity contribution in [3.05, 3.63) is 155 Å². The van der Waals surface area contributed by atoms with E-state index in [0.29, 0.717) is 0 Å². The van der Waals surface area contributed by atoms with Gasteiger partial charge in [0.25, 0.3) is 0 Å². The maximum Gasteiger partial charge on any atom is 0.0760 e. The Hall–Kier alpha value is -4.60. The molecule has 41 heavy (non-hydrogen) atoms. The van der Waals surface area contributed by atoms with Gasteiger partial charge in [-0.25, -0.2) is 0 Å². The second-order valence-electron chi connectivity index (χ2n) is 11.2. The highest BCUT2D eigenvalue weighted by molar-refractivity contribution is 7.80. The van der Waals surface area contributed by atoms with E-state index in [1.807, 2.05) is 18.5 Å². The van der Waals surface area contributed by atoms with Crippen molar-refractivity contribution in [2.24, 2.45) is 0 Å². The number of thiol groups is 1. The minimum Gasteiger partial charge on any atom is -0.309 e. The van der Waals surface area contributed by atoms with Gasteiger partial charge in [-0.05, 0) is 69.6 Å². The summed E-state index contributed by atoms with van der Waals surface area (Å²) in [7, 11) is 0. The van der Waals surface area contributed by atoms with Crippen LogP contribution < -0.4 is 0 Å². The number of fused-ring (bicyclic) bond motifs is 12. The minimum atomic E-state index is -0.504. The third kappa shape index (κ3) is 2.77. The summed E-state index contributed by atoms with van der Waals surface area (Å²) in [4.78, 5) is 4.56. The van der Waals surface area contributed by atoms with Gasteiger partial charge in [0, 0.05) is 34.0 Å². The van der Waals surface area contributed by atoms with E-state index in [9.17, 15) is 0 Å². The first-order chi connectivity index (χ1) is 20.2. The normalized spacial score (nSPS) is 17.0. The van der Waals surface area contributed by atoms with Gasteiger partial charge in [0.1, 0.15) is 0 Å². The van der Waals surface area contributed by atoms with Crippen LogP contribution in [0.4, 0.5) is 0 Å². The van der Waals surface area contributed by atoms with Gasteiger partial charge in [-0.2, -0.15) is 12.6 Å². The van der Waals surface area contributed by atoms with Crippen molar-refractivity contribution in [2.45, 2.75) is 17.6 Å². The first-order valence-electron chi connectivity index (χ1n) is 14.2. The van der Waals surface area contributed by atoms with E-state index in [1.54, 1.807) is 0 Å². The standard InChI is InChI=1S/C38H26N2S/c1-23(41)25-19-20-26(24-10-9-21-39-22-24)36-35(25)29-12-2-4-14-30(29)38(36)31-15-5-7-18-34(31)40-33-17-6-3-11-27(33)28-13-8-16-32(38)37(28)40/h2-23,41H,1H3. The van der Waals surface area contributed by atoms with Gasteiger partial charge in [-0.15, -0.1) is 0 Å². The van der Waals surface area contributed by atoms with E-state index in [2.05, 4.69) is 126 Å². The molecule has 3 heterocycles. The molecule has 7 aromatic rings. The maximum absolute atomic E-state index is 5.02. The number of nitrogens with zero attached hydrogens (tertiary/aromatic N) is 2. The number of para-hydroxylation sites is 3. The van der Waals surface area contributed by atoms with Gasteiger partial charge >= 0.3 is 0 Å². The molecule has 1 spiro atoms. The lowest BCUT2D eigenvalue weighted by atomic mass is 9.64. The van der Waals surface area contributed by atoms with E-state index in [4.69, 9.17) is 12.6 Å². The van der Waals surface area contributed by atoms with E-state index < -0.39 is 5.41 Å². The summed E-state index contributed by atoms with van der Waals surface area (Å²) in [5.41, 5.74) is 14.8. The number of benzene rings is 5. The Morgan fingerprint density at radius 2 is 1.44 bits per heavy atom. The lowest BCUT2D eigenvalue weighted by molar-refractivity contribution is 0.749. The smallest absolute Gasteiger partial charge is 0.0760 e. The SMILES string of the molecule is CC(S)c1ccc(-c2cccnc2)c2c1-c1ccccc1C21c2ccccc2-n2c3ccccc3c3cccc1c32. The Bertz CT molecular complexity index is 2190. The molecule has 2 unspecified atom stereocenters. The summed E-state index contributed by atoms with van der Waals surface area (Å²) in [6.07, 6.45) is 3.86. The van der Waals surface area contributed by atoms with Crippen molar-refractivity contribution >= 4 is 34.4 Å². The number of pyridine rings is 1. The molecule has 0 radical (unpaired) electrons. The third-order valence-electron chi connectivity index (χ3n) is 9.28. The van der Waals surface area contributed by atoms with Crippen molar-refractivity contribution in [3.8, 4) is 27.9 Å². The third-order valence-corrected chi connectivity index (χ3v) is 9.56. The molecule has 0 fully saturated rings. The van der Waals surface area contributed by atoms with Gasteiger partial charge in [-0.1, -0.05) is 97.1 Å². The minimum absolute atomic E-state index is 0.0796. The number of rotatable bonds is 2. The molecule has 0 saturated heterocycles. The summed E-state index contributed by atoms with van der Waals surface area (Å²) >= 11 is 5.02. The highest BCUT2D eigenvalue weighted by Crippen LogP contribution is 2.64. The van der Waals surface area contributed by atoms with Crippen LogP contribution in [0.2, 0.25) is 0 Å². The Balaban J connectivity index is 1.58. The van der Waals surface area contributed by atoms with Gasteiger partial charge in [0.2, 0.25) is 0 Å². The first-order valence-corrected chi connectivity index (χ1v) is 14.7. The Morgan fingerprint density at radius 3 is 2.29 bits per heavy atom. The van der Waals surface area contributed by atoms with Crippen LogP contribution in [-0.4, -0.2) is 9.55 Å². The zero-order valence-electron chi connectivity index (χ0n) is 22.5. The molecule has 5 aromatic carbocycles. The Labute approximate surface area is 244 Å². The largest absolute Gasteiger partial charge is 0.309 e. The zero-order valence-corrected chi connectivity index (χ0v) is 23.4. The van der Waals surface area contributed by atoms with Crippen molar-refractivity contribution in [3.63, 3.8) is 0 Å². The van der Waals surface area contributed by atoms with E-state index in [0.717, 1.165) is 5.56 Å². The summed E-state index contributed by atoms with van der Waals surface area (Å²) in [6, 6.07) is 42.6. The Morgan fingerprint density at radius 1 is 0.683 bits per heavy atom. The molecular formula is C38H26N2S. The van der Waals surface area contributed by atoms with E-state index in [1.165, 1.54) is 72.0 Å². The van der Waals surface area contributed by atoms with Crippen molar-refractivity contribution < 1.29 is 0 Å². The summed E-state index contributed by atoms with van der Waals surface area (Å²) < 4.78 is 2.50. The first kappa shape index (κ1) is 23.1. The topological polar surface area (TPSA) is 17.8 Å². The lowest BCUT2D eigenvalue weighted by Crippen LogP contribution is -2.34. The number of hydrogen-bond donors (Lipinski definition) is 1. The van der Waals surface area contributed by atoms with Crippen molar-refractivity contribution in [2.75, 3.05) is 0 Å². The van der Waals surface area contributed by atoms with E-state index in [-0.39, 0.29) is 5.25 Å². The molecule has 2 aliphatic rings. The number of aromatic nitrogens is 2. The molecule has 1 aliphatic carbocycles. The highest BCUT2D eigenvalue weighted by Gasteiger charge is 2.52. The van der Waals surface area contributed by atoms with Crippen LogP contribution in [-0.2, 0) is 5.41 Å². The monoisotopic (exact) mass is 542 g/mol. The zero-order chi connectivity index (χ0) is 27.3. The molecule has 0 N–H and O–H groups in total. The molecule has 2 aromatic heterocycles. The van der Waals surface area contributed by atoms with Crippen LogP contribution in [0.1, 0.15) is 40.0 Å². The molecule has 3 heteroatoms. The molecule has 0 amide bonds. The van der Waals surface area contributed by atoms with Crippen molar-refractivity contribution in [1.82, 2.24) is 9.55 Å². The maximum atomic E-state index is 5.02. The van der Waals surface area contributed by atoms with Gasteiger partial charge in [0.05, 0.1) is 22.1 Å². The Kier molecular flexibility index (Phi) is 4.64. The van der Waals surface area contributed by atoms with Crippen LogP contribution in [0, 0.1) is 0 Å². The second kappa shape index (κ2) is 8.22. The van der Waals surface area contributed by atoms with Crippen LogP contribution >= 0.6 is 12.6 Å². The number of hydrogen-bond acceptors (Lipinski definition) is 2. The molecular weight excluding hydrogens is 516 g/mol. The lowest BCUT2D eigenvalue weighted by Gasteiger charge is -2.40. The summed E-state index contributed by atoms with van der Waals surface area (Å²) in [6.45, 7) is 2.18. The van der Waals surface area contributed by atoms with E-state index >= 15 is 0 Å². The summed E-state index contributed by atoms with van der Waals surface area (Å²) in [5, 5.41) is 2.66. The van der Waals surface area contributed by atoms with Crippen LogP contribution in [0.3, 0.4) is 0 Å². The molecule has 0 bridgehead atoms. The van der Waals surface area contributed by atoms with Crippen LogP contribution in [0.25, 0.3) is 49.7 Å². The highest BCUT2D eigenvalue weighted by atomic mass is 32.1. The fraction of sp³-hybridized carbons (Fsp3) is 0.0789. The molecule has 2 nitrogen and oxygen atoms in total. The predicted octanol–water partition coefficient (Wildman–Crippen LogP) is 9.51. The summed E-state index contributed by atoms with van der Waals surface area (Å²) in [5.74, 6) is 0. The predicted molar refractivity (Wildman–Crippen MR) is 172 cm³/mol. The quantitative estimate of drug-likeness (QED) is 0.215. The average molecular weight is 543 g/mol. The van der Waals surface area contributed by atoms with Crippen LogP contribution in [0.5, 0.6) is 0 Å². The van der Waals surface area contributed by atoms with Crippen molar-refractivity contribution in [1.29, 1.82) is 0 Å². The van der Waals surface area contributed by atoms with Gasteiger partial charge in [0.15, 0.2) is 0 Å². The second-order valence-corrected chi connectivity index (χ2v) is 12.0. The van der Waals surface area contributed by atoms with Gasteiger partial charge < -0.3 is 4.57 Å². The molecule has 0 saturated carbocycles. The van der Waals surface area contributed by atoms with Gasteiger partial charge in [-0.3, -0.25) is 4.98 Å². The molecule has 194 valence electrons. The average Bonchev–Trinajstić information content (AvgIpc) is 3.52. The molecule has 9 rings (SSSR count).